The van der Waals surface area contributed by atoms with Crippen LogP contribution in [0.5, 0.6) is 0 Å². The Morgan fingerprint density at radius 3 is 1.76 bits per heavy atom. The van der Waals surface area contributed by atoms with Gasteiger partial charge in [-0.2, -0.15) is 0 Å². The molecule has 148 valence electrons. The summed E-state index contributed by atoms with van der Waals surface area (Å²) in [6, 6.07) is 18.1. The minimum absolute atomic E-state index is 0.233. The average molecular weight is 388 g/mol. The van der Waals surface area contributed by atoms with Crippen molar-refractivity contribution in [2.45, 2.75) is 31.8 Å². The Labute approximate surface area is 170 Å². The second-order valence-electron chi connectivity index (χ2n) is 7.64. The Bertz CT molecular complexity index is 874. The molecule has 2 aliphatic rings. The number of hydrogen-bond donors (Lipinski definition) is 1. The van der Waals surface area contributed by atoms with E-state index in [0.29, 0.717) is 12.8 Å². The molecule has 2 aromatic carbocycles. The van der Waals surface area contributed by atoms with Crippen LogP contribution in [0.3, 0.4) is 0 Å². The molecule has 5 nitrogen and oxygen atoms in total. The number of carbonyl (C=O) groups is 3. The highest BCUT2D eigenvalue weighted by Gasteiger charge is 2.50. The molecule has 1 aliphatic carbocycles. The fourth-order valence-electron chi connectivity index (χ4n) is 4.24. The van der Waals surface area contributed by atoms with Gasteiger partial charge in [-0.1, -0.05) is 72.8 Å². The smallest absolute Gasteiger partial charge is 0.243 e. The quantitative estimate of drug-likeness (QED) is 0.632. The lowest BCUT2D eigenvalue weighted by atomic mass is 9.85. The van der Waals surface area contributed by atoms with Gasteiger partial charge in [-0.05, 0) is 30.9 Å². The molecule has 1 heterocycles. The largest absolute Gasteiger partial charge is 0.343 e. The molecule has 3 atom stereocenters. The second kappa shape index (κ2) is 8.03. The molecule has 3 amide bonds. The molecule has 1 fully saturated rings. The number of rotatable bonds is 5. The number of benzene rings is 2. The maximum Gasteiger partial charge on any atom is 0.243 e. The number of imide groups is 1. The van der Waals surface area contributed by atoms with Crippen molar-refractivity contribution in [3.05, 3.63) is 83.9 Å². The fourth-order valence-corrected chi connectivity index (χ4v) is 4.24. The van der Waals surface area contributed by atoms with E-state index < -0.39 is 6.04 Å². The summed E-state index contributed by atoms with van der Waals surface area (Å²) in [5.41, 5.74) is 1.88. The molecule has 0 aromatic heterocycles. The maximum atomic E-state index is 13.1. The lowest BCUT2D eigenvalue weighted by Gasteiger charge is -2.26. The number of carbonyl (C=O) groups excluding carboxylic acids is 3. The van der Waals surface area contributed by atoms with Crippen LogP contribution in [0.1, 0.15) is 36.9 Å². The van der Waals surface area contributed by atoms with Crippen LogP contribution in [0, 0.1) is 11.8 Å². The van der Waals surface area contributed by atoms with Crippen LogP contribution in [0.15, 0.2) is 72.8 Å². The molecule has 1 N–H and O–H groups in total. The van der Waals surface area contributed by atoms with E-state index in [2.05, 4.69) is 5.32 Å². The summed E-state index contributed by atoms with van der Waals surface area (Å²) in [5, 5.41) is 3.05. The Morgan fingerprint density at radius 2 is 1.31 bits per heavy atom. The first-order chi connectivity index (χ1) is 14.1. The van der Waals surface area contributed by atoms with Crippen molar-refractivity contribution < 1.29 is 14.4 Å². The van der Waals surface area contributed by atoms with Crippen LogP contribution in [-0.2, 0) is 14.4 Å². The molecule has 29 heavy (non-hydrogen) atoms. The van der Waals surface area contributed by atoms with Crippen molar-refractivity contribution >= 4 is 17.7 Å². The minimum Gasteiger partial charge on any atom is -0.343 e. The van der Waals surface area contributed by atoms with E-state index in [1.807, 2.05) is 72.8 Å². The summed E-state index contributed by atoms with van der Waals surface area (Å²) < 4.78 is 0. The third-order valence-corrected chi connectivity index (χ3v) is 5.86. The summed E-state index contributed by atoms with van der Waals surface area (Å²) in [6.45, 7) is 1.63. The van der Waals surface area contributed by atoms with Gasteiger partial charge in [-0.15, -0.1) is 0 Å². The molecule has 0 spiro atoms. The van der Waals surface area contributed by atoms with Crippen molar-refractivity contribution in [1.29, 1.82) is 0 Å². The molecular weight excluding hydrogens is 364 g/mol. The Kier molecular flexibility index (Phi) is 5.30. The van der Waals surface area contributed by atoms with Gasteiger partial charge >= 0.3 is 0 Å². The van der Waals surface area contributed by atoms with Gasteiger partial charge in [0, 0.05) is 0 Å². The summed E-state index contributed by atoms with van der Waals surface area (Å²) in [7, 11) is 0. The minimum atomic E-state index is -0.851. The lowest BCUT2D eigenvalue weighted by Crippen LogP contribution is -2.49. The molecule has 0 unspecified atom stereocenters. The number of nitrogens with zero attached hydrogens (tertiary/aromatic N) is 1. The van der Waals surface area contributed by atoms with Crippen LogP contribution in [0.4, 0.5) is 0 Å². The number of likely N-dealkylation sites (tertiary alicyclic amines) is 1. The van der Waals surface area contributed by atoms with Crippen molar-refractivity contribution in [3.8, 4) is 0 Å². The highest BCUT2D eigenvalue weighted by atomic mass is 16.2. The van der Waals surface area contributed by atoms with E-state index >= 15 is 0 Å². The third kappa shape index (κ3) is 3.60. The first-order valence-electron chi connectivity index (χ1n) is 10.00. The van der Waals surface area contributed by atoms with Crippen molar-refractivity contribution in [1.82, 2.24) is 10.2 Å². The zero-order valence-corrected chi connectivity index (χ0v) is 16.3. The van der Waals surface area contributed by atoms with Crippen LogP contribution >= 0.6 is 0 Å². The van der Waals surface area contributed by atoms with Crippen molar-refractivity contribution in [3.63, 3.8) is 0 Å². The van der Waals surface area contributed by atoms with E-state index in [-0.39, 0.29) is 35.6 Å². The first kappa shape index (κ1) is 19.1. The highest BCUT2D eigenvalue weighted by molar-refractivity contribution is 6.08. The van der Waals surface area contributed by atoms with Gasteiger partial charge in [0.05, 0.1) is 17.9 Å². The molecule has 0 saturated carbocycles. The van der Waals surface area contributed by atoms with Gasteiger partial charge < -0.3 is 5.32 Å². The van der Waals surface area contributed by atoms with Crippen LogP contribution in [-0.4, -0.2) is 28.7 Å². The number of hydrogen-bond acceptors (Lipinski definition) is 3. The van der Waals surface area contributed by atoms with E-state index in [1.54, 1.807) is 6.92 Å². The van der Waals surface area contributed by atoms with Crippen LogP contribution in [0.25, 0.3) is 0 Å². The summed E-state index contributed by atoms with van der Waals surface area (Å²) in [5.74, 6) is -1.47. The monoisotopic (exact) mass is 388 g/mol. The van der Waals surface area contributed by atoms with Gasteiger partial charge in [0.15, 0.2) is 0 Å². The van der Waals surface area contributed by atoms with Crippen molar-refractivity contribution in [2.75, 3.05) is 0 Å². The Morgan fingerprint density at radius 1 is 0.862 bits per heavy atom. The second-order valence-corrected chi connectivity index (χ2v) is 7.64. The number of fused-ring (bicyclic) bond motifs is 1. The number of amides is 3. The van der Waals surface area contributed by atoms with E-state index in [0.717, 1.165) is 11.1 Å². The summed E-state index contributed by atoms with van der Waals surface area (Å²) in [6.07, 6.45) is 5.02. The van der Waals surface area contributed by atoms with Gasteiger partial charge in [-0.3, -0.25) is 19.3 Å². The zero-order valence-electron chi connectivity index (χ0n) is 16.3. The Hall–Kier alpha value is -3.21. The summed E-state index contributed by atoms with van der Waals surface area (Å²) in [4.78, 5) is 39.9. The van der Waals surface area contributed by atoms with Crippen molar-refractivity contribution in [2.24, 2.45) is 11.8 Å². The number of nitrogens with one attached hydrogen (secondary N) is 1. The van der Waals surface area contributed by atoms with E-state index in [9.17, 15) is 14.4 Å². The molecule has 0 radical (unpaired) electrons. The molecule has 0 bridgehead atoms. The Balaban J connectivity index is 1.56. The molecule has 1 saturated heterocycles. The third-order valence-electron chi connectivity index (χ3n) is 5.86. The predicted octanol–water partition coefficient (Wildman–Crippen LogP) is 3.23. The molecule has 5 heteroatoms. The fraction of sp³-hybridized carbons (Fsp3) is 0.292. The maximum absolute atomic E-state index is 13.1. The normalized spacial score (nSPS) is 21.9. The standard InChI is InChI=1S/C24H24N2O3/c1-16(26-23(28)19-14-8-9-15-20(19)24(26)29)22(27)25-21(17-10-4-2-5-11-17)18-12-6-3-7-13-18/h2-13,16,19-21H,14-15H2,1H3,(H,25,27)/t16-,19+,20+/m0/s1. The van der Waals surface area contributed by atoms with Crippen LogP contribution < -0.4 is 5.32 Å². The summed E-state index contributed by atoms with van der Waals surface area (Å²) >= 11 is 0. The lowest BCUT2D eigenvalue weighted by molar-refractivity contribution is -0.147. The molecule has 1 aliphatic heterocycles. The van der Waals surface area contributed by atoms with E-state index in [1.165, 1.54) is 4.90 Å². The van der Waals surface area contributed by atoms with Gasteiger partial charge in [0.25, 0.3) is 0 Å². The number of allylic oxidation sites excluding steroid dienone is 2. The molecule has 2 aromatic rings. The van der Waals surface area contributed by atoms with Gasteiger partial charge in [0.2, 0.25) is 17.7 Å². The van der Waals surface area contributed by atoms with E-state index in [4.69, 9.17) is 0 Å². The zero-order chi connectivity index (χ0) is 20.4. The van der Waals surface area contributed by atoms with Crippen LogP contribution in [0.2, 0.25) is 0 Å². The molecular formula is C24H24N2O3. The molecule has 4 rings (SSSR count). The topological polar surface area (TPSA) is 66.5 Å². The average Bonchev–Trinajstić information content (AvgIpc) is 3.03. The predicted molar refractivity (Wildman–Crippen MR) is 110 cm³/mol. The highest BCUT2D eigenvalue weighted by Crippen LogP contribution is 2.36. The van der Waals surface area contributed by atoms with Gasteiger partial charge in [-0.25, -0.2) is 0 Å². The first-order valence-corrected chi connectivity index (χ1v) is 10.00. The van der Waals surface area contributed by atoms with Gasteiger partial charge in [0.1, 0.15) is 6.04 Å². The SMILES string of the molecule is C[C@@H](C(=O)NC(c1ccccc1)c1ccccc1)N1C(=O)[C@@H]2CC=CC[C@H]2C1=O.